The maximum absolute atomic E-state index is 13.4. The van der Waals surface area contributed by atoms with Crippen LogP contribution in [0.15, 0.2) is 36.5 Å². The van der Waals surface area contributed by atoms with Gasteiger partial charge in [-0.15, -0.1) is 0 Å². The van der Waals surface area contributed by atoms with Crippen molar-refractivity contribution in [1.29, 1.82) is 0 Å². The van der Waals surface area contributed by atoms with E-state index in [-0.39, 0.29) is 5.82 Å². The Bertz CT molecular complexity index is 587. The maximum Gasteiger partial charge on any atom is 0.141 e. The molecule has 0 radical (unpaired) electrons. The number of hydrogen-bond donors (Lipinski definition) is 1. The molecule has 0 bridgehead atoms. The molecular weight excluding hydrogens is 289 g/mol. The van der Waals surface area contributed by atoms with Gasteiger partial charge in [-0.25, -0.2) is 9.37 Å². The predicted octanol–water partition coefficient (Wildman–Crippen LogP) is 3.62. The smallest absolute Gasteiger partial charge is 0.141 e. The molecule has 0 atom stereocenters. The first-order valence-electron chi connectivity index (χ1n) is 6.91. The van der Waals surface area contributed by atoms with Crippen LogP contribution in [0.2, 0.25) is 5.02 Å². The number of benzene rings is 1. The number of halogens is 2. The second kappa shape index (κ2) is 7.38. The van der Waals surface area contributed by atoms with Crippen LogP contribution in [0.25, 0.3) is 0 Å². The summed E-state index contributed by atoms with van der Waals surface area (Å²) in [7, 11) is 1.95. The van der Waals surface area contributed by atoms with Crippen LogP contribution in [0.3, 0.4) is 0 Å². The van der Waals surface area contributed by atoms with E-state index < -0.39 is 0 Å². The van der Waals surface area contributed by atoms with Gasteiger partial charge in [0.2, 0.25) is 0 Å². The molecular formula is C16H19ClFN3. The lowest BCUT2D eigenvalue weighted by Crippen LogP contribution is -2.22. The quantitative estimate of drug-likeness (QED) is 0.883. The van der Waals surface area contributed by atoms with Gasteiger partial charge in [-0.1, -0.05) is 30.7 Å². The fraction of sp³-hybridized carbons (Fsp3) is 0.312. The molecule has 0 aliphatic heterocycles. The Morgan fingerprint density at radius 1 is 1.29 bits per heavy atom. The minimum atomic E-state index is -0.313. The zero-order valence-electron chi connectivity index (χ0n) is 12.2. The molecule has 0 unspecified atom stereocenters. The maximum atomic E-state index is 13.4. The van der Waals surface area contributed by atoms with E-state index in [0.717, 1.165) is 23.5 Å². The summed E-state index contributed by atoms with van der Waals surface area (Å²) in [6, 6.07) is 9.22. The van der Waals surface area contributed by atoms with Crippen molar-refractivity contribution in [1.82, 2.24) is 10.3 Å². The highest BCUT2D eigenvalue weighted by atomic mass is 35.5. The molecule has 1 aromatic carbocycles. The lowest BCUT2D eigenvalue weighted by Gasteiger charge is -2.21. The largest absolute Gasteiger partial charge is 0.355 e. The van der Waals surface area contributed by atoms with Crippen LogP contribution >= 0.6 is 11.6 Å². The van der Waals surface area contributed by atoms with Crippen LogP contribution in [-0.4, -0.2) is 18.6 Å². The van der Waals surface area contributed by atoms with Gasteiger partial charge in [0.05, 0.1) is 6.20 Å². The Morgan fingerprint density at radius 3 is 2.67 bits per heavy atom. The van der Waals surface area contributed by atoms with Gasteiger partial charge < -0.3 is 10.2 Å². The highest BCUT2D eigenvalue weighted by Crippen LogP contribution is 2.20. The molecule has 3 nitrogen and oxygen atoms in total. The number of nitrogens with zero attached hydrogens (tertiary/aromatic N) is 2. The number of anilines is 1. The van der Waals surface area contributed by atoms with E-state index in [1.807, 2.05) is 43.1 Å². The predicted molar refractivity (Wildman–Crippen MR) is 85.1 cm³/mol. The monoisotopic (exact) mass is 307 g/mol. The SMILES string of the molecule is CCNCc1cc(F)cnc1N(C)Cc1ccc(Cl)cc1. The van der Waals surface area contributed by atoms with Crippen LogP contribution in [0.4, 0.5) is 10.2 Å². The summed E-state index contributed by atoms with van der Waals surface area (Å²) < 4.78 is 13.4. The number of pyridine rings is 1. The van der Waals surface area contributed by atoms with E-state index in [4.69, 9.17) is 11.6 Å². The van der Waals surface area contributed by atoms with Crippen LogP contribution in [0.5, 0.6) is 0 Å². The molecule has 0 spiro atoms. The topological polar surface area (TPSA) is 28.2 Å². The molecule has 0 saturated heterocycles. The van der Waals surface area contributed by atoms with Gasteiger partial charge in [-0.05, 0) is 30.3 Å². The van der Waals surface area contributed by atoms with Crippen LogP contribution in [0.1, 0.15) is 18.1 Å². The van der Waals surface area contributed by atoms with Crippen molar-refractivity contribution in [3.63, 3.8) is 0 Å². The van der Waals surface area contributed by atoms with Gasteiger partial charge in [-0.3, -0.25) is 0 Å². The molecule has 1 aromatic heterocycles. The Balaban J connectivity index is 2.17. The summed E-state index contributed by atoms with van der Waals surface area (Å²) in [6.45, 7) is 4.14. The third-order valence-electron chi connectivity index (χ3n) is 3.17. The van der Waals surface area contributed by atoms with E-state index >= 15 is 0 Å². The van der Waals surface area contributed by atoms with Gasteiger partial charge in [-0.2, -0.15) is 0 Å². The molecule has 0 aliphatic rings. The summed E-state index contributed by atoms with van der Waals surface area (Å²) in [6.07, 6.45) is 1.25. The van der Waals surface area contributed by atoms with E-state index in [1.165, 1.54) is 12.3 Å². The van der Waals surface area contributed by atoms with Gasteiger partial charge in [0.1, 0.15) is 11.6 Å². The Hall–Kier alpha value is -1.65. The van der Waals surface area contributed by atoms with Gasteiger partial charge in [0.25, 0.3) is 0 Å². The van der Waals surface area contributed by atoms with Crippen LogP contribution in [-0.2, 0) is 13.1 Å². The van der Waals surface area contributed by atoms with E-state index in [9.17, 15) is 4.39 Å². The molecule has 0 amide bonds. The number of nitrogens with one attached hydrogen (secondary N) is 1. The van der Waals surface area contributed by atoms with Gasteiger partial charge in [0, 0.05) is 30.7 Å². The van der Waals surface area contributed by atoms with E-state index in [2.05, 4.69) is 10.3 Å². The molecule has 5 heteroatoms. The summed E-state index contributed by atoms with van der Waals surface area (Å²) >= 11 is 5.89. The minimum Gasteiger partial charge on any atom is -0.355 e. The molecule has 112 valence electrons. The van der Waals surface area contributed by atoms with Crippen LogP contribution < -0.4 is 10.2 Å². The van der Waals surface area contributed by atoms with E-state index in [1.54, 1.807) is 0 Å². The summed E-state index contributed by atoms with van der Waals surface area (Å²) in [5.74, 6) is 0.471. The fourth-order valence-corrected chi connectivity index (χ4v) is 2.27. The molecule has 21 heavy (non-hydrogen) atoms. The number of aromatic nitrogens is 1. The lowest BCUT2D eigenvalue weighted by atomic mass is 10.2. The lowest BCUT2D eigenvalue weighted by molar-refractivity contribution is 0.613. The van der Waals surface area contributed by atoms with Crippen LogP contribution in [0, 0.1) is 5.82 Å². The normalized spacial score (nSPS) is 10.7. The average molecular weight is 308 g/mol. The van der Waals surface area contributed by atoms with Gasteiger partial charge in [0.15, 0.2) is 0 Å². The summed E-state index contributed by atoms with van der Waals surface area (Å²) in [4.78, 5) is 6.24. The second-order valence-corrected chi connectivity index (χ2v) is 5.34. The Morgan fingerprint density at radius 2 is 2.00 bits per heavy atom. The summed E-state index contributed by atoms with van der Waals surface area (Å²) in [5, 5.41) is 3.92. The standard InChI is InChI=1S/C16H19ClFN3/c1-3-19-9-13-8-15(18)10-20-16(13)21(2)11-12-4-6-14(17)7-5-12/h4-8,10,19H,3,9,11H2,1-2H3. The second-order valence-electron chi connectivity index (χ2n) is 4.90. The first-order chi connectivity index (χ1) is 10.1. The highest BCUT2D eigenvalue weighted by molar-refractivity contribution is 6.30. The van der Waals surface area contributed by atoms with Crippen molar-refractivity contribution < 1.29 is 4.39 Å². The third-order valence-corrected chi connectivity index (χ3v) is 3.42. The Labute approximate surface area is 129 Å². The Kier molecular flexibility index (Phi) is 5.53. The fourth-order valence-electron chi connectivity index (χ4n) is 2.15. The zero-order chi connectivity index (χ0) is 15.2. The van der Waals surface area contributed by atoms with Crippen molar-refractivity contribution >= 4 is 17.4 Å². The molecule has 0 fully saturated rings. The van der Waals surface area contributed by atoms with Crippen molar-refractivity contribution in [2.45, 2.75) is 20.0 Å². The zero-order valence-corrected chi connectivity index (χ0v) is 13.0. The minimum absolute atomic E-state index is 0.313. The average Bonchev–Trinajstić information content (AvgIpc) is 2.47. The van der Waals surface area contributed by atoms with Crippen molar-refractivity contribution in [2.75, 3.05) is 18.5 Å². The first kappa shape index (κ1) is 15.7. The highest BCUT2D eigenvalue weighted by Gasteiger charge is 2.11. The third kappa shape index (κ3) is 4.41. The van der Waals surface area contributed by atoms with Crippen molar-refractivity contribution in [3.8, 4) is 0 Å². The van der Waals surface area contributed by atoms with Gasteiger partial charge >= 0.3 is 0 Å². The first-order valence-corrected chi connectivity index (χ1v) is 7.28. The molecule has 2 aromatic rings. The van der Waals surface area contributed by atoms with E-state index in [0.29, 0.717) is 18.1 Å². The van der Waals surface area contributed by atoms with Crippen molar-refractivity contribution in [3.05, 3.63) is 58.5 Å². The molecule has 1 N–H and O–H groups in total. The number of hydrogen-bond acceptors (Lipinski definition) is 3. The molecule has 0 saturated carbocycles. The van der Waals surface area contributed by atoms with Crippen molar-refractivity contribution in [2.24, 2.45) is 0 Å². The number of rotatable bonds is 6. The molecule has 2 rings (SSSR count). The summed E-state index contributed by atoms with van der Waals surface area (Å²) in [5.41, 5.74) is 1.98. The molecule has 1 heterocycles. The molecule has 0 aliphatic carbocycles.